The van der Waals surface area contributed by atoms with Gasteiger partial charge in [0.25, 0.3) is 5.56 Å². The number of hydrogen-bond donors (Lipinski definition) is 1. The van der Waals surface area contributed by atoms with E-state index in [1.165, 1.54) is 5.56 Å². The molecule has 0 aliphatic heterocycles. The Morgan fingerprint density at radius 3 is 2.64 bits per heavy atom. The topological polar surface area (TPSA) is 45.8 Å². The maximum atomic E-state index is 12.1. The minimum atomic E-state index is -0.187. The number of benzene rings is 2. The normalized spacial score (nSPS) is 11.8. The van der Waals surface area contributed by atoms with Gasteiger partial charge in [-0.25, -0.2) is 4.98 Å². The first-order valence-corrected chi connectivity index (χ1v) is 7.51. The van der Waals surface area contributed by atoms with Gasteiger partial charge in [0.2, 0.25) is 0 Å². The minimum absolute atomic E-state index is 0.187. The van der Waals surface area contributed by atoms with Crippen molar-refractivity contribution in [1.82, 2.24) is 9.97 Å². The van der Waals surface area contributed by atoms with Crippen LogP contribution in [0.5, 0.6) is 0 Å². The molecule has 0 atom stereocenters. The fourth-order valence-corrected chi connectivity index (χ4v) is 2.48. The summed E-state index contributed by atoms with van der Waals surface area (Å²) in [5.74, 6) is 0.380. The largest absolute Gasteiger partial charge is 0.305 e. The van der Waals surface area contributed by atoms with Crippen molar-refractivity contribution in [3.63, 3.8) is 0 Å². The Hall–Kier alpha value is -2.39. The monoisotopic (exact) mass is 310 g/mol. The van der Waals surface area contributed by atoms with Gasteiger partial charge in [-0.15, -0.1) is 0 Å². The molecule has 0 saturated heterocycles. The third-order valence-electron chi connectivity index (χ3n) is 3.52. The molecule has 3 rings (SSSR count). The molecule has 0 radical (unpaired) electrons. The maximum absolute atomic E-state index is 12.1. The summed E-state index contributed by atoms with van der Waals surface area (Å²) in [6.45, 7) is 2.11. The number of para-hydroxylation sites is 1. The summed E-state index contributed by atoms with van der Waals surface area (Å²) >= 11 is 6.32. The van der Waals surface area contributed by atoms with Crippen LogP contribution < -0.4 is 5.56 Å². The number of nitrogens with one attached hydrogen (secondary N) is 1. The zero-order chi connectivity index (χ0) is 15.5. The van der Waals surface area contributed by atoms with Crippen molar-refractivity contribution in [2.24, 2.45) is 0 Å². The Morgan fingerprint density at radius 2 is 1.91 bits per heavy atom. The highest BCUT2D eigenvalue weighted by atomic mass is 35.5. The first-order valence-electron chi connectivity index (χ1n) is 7.13. The Kier molecular flexibility index (Phi) is 4.07. The summed E-state index contributed by atoms with van der Waals surface area (Å²) in [6.07, 6.45) is 2.80. The number of fused-ring (bicyclic) bond motifs is 1. The molecule has 2 aromatic carbocycles. The molecule has 4 heteroatoms. The molecular weight excluding hydrogens is 296 g/mol. The van der Waals surface area contributed by atoms with Gasteiger partial charge in [-0.05, 0) is 35.8 Å². The number of halogens is 1. The van der Waals surface area contributed by atoms with Crippen LogP contribution in [0.2, 0.25) is 0 Å². The standard InChI is InChI=1S/C18H15ClN2O/c1-2-12-7-9-13(10-8-12)11-15(19)17-20-16-6-4-3-5-14(16)18(22)21-17/h3-11H,2H2,1H3,(H,20,21,22)/b15-11-. The van der Waals surface area contributed by atoms with Crippen LogP contribution in [0.4, 0.5) is 0 Å². The van der Waals surface area contributed by atoms with Gasteiger partial charge in [0.15, 0.2) is 5.82 Å². The summed E-state index contributed by atoms with van der Waals surface area (Å²) in [7, 11) is 0. The van der Waals surface area contributed by atoms with Crippen molar-refractivity contribution in [2.45, 2.75) is 13.3 Å². The molecule has 0 amide bonds. The first kappa shape index (κ1) is 14.5. The van der Waals surface area contributed by atoms with E-state index in [2.05, 4.69) is 29.0 Å². The van der Waals surface area contributed by atoms with Crippen molar-refractivity contribution < 1.29 is 0 Å². The molecule has 1 N–H and O–H groups in total. The Balaban J connectivity index is 2.02. The lowest BCUT2D eigenvalue weighted by Crippen LogP contribution is -2.10. The summed E-state index contributed by atoms with van der Waals surface area (Å²) < 4.78 is 0. The van der Waals surface area contributed by atoms with Gasteiger partial charge in [0.1, 0.15) is 0 Å². The molecule has 0 bridgehead atoms. The molecule has 110 valence electrons. The molecule has 22 heavy (non-hydrogen) atoms. The number of hydrogen-bond acceptors (Lipinski definition) is 2. The van der Waals surface area contributed by atoms with Crippen LogP contribution in [0.1, 0.15) is 23.9 Å². The van der Waals surface area contributed by atoms with Crippen LogP contribution in [0.3, 0.4) is 0 Å². The van der Waals surface area contributed by atoms with Crippen molar-refractivity contribution in [3.05, 3.63) is 75.8 Å². The highest BCUT2D eigenvalue weighted by Crippen LogP contribution is 2.20. The SMILES string of the molecule is CCc1ccc(/C=C(\Cl)c2nc3ccccc3c(=O)[nH]2)cc1. The Labute approximate surface area is 133 Å². The van der Waals surface area contributed by atoms with E-state index in [0.717, 1.165) is 12.0 Å². The van der Waals surface area contributed by atoms with Gasteiger partial charge in [-0.3, -0.25) is 4.79 Å². The fraction of sp³-hybridized carbons (Fsp3) is 0.111. The average molecular weight is 311 g/mol. The summed E-state index contributed by atoms with van der Waals surface area (Å²) in [4.78, 5) is 19.2. The Morgan fingerprint density at radius 1 is 1.18 bits per heavy atom. The zero-order valence-corrected chi connectivity index (χ0v) is 12.9. The third kappa shape index (κ3) is 2.95. The van der Waals surface area contributed by atoms with E-state index in [1.807, 2.05) is 24.3 Å². The number of aromatic nitrogens is 2. The minimum Gasteiger partial charge on any atom is -0.305 e. The van der Waals surface area contributed by atoms with E-state index in [4.69, 9.17) is 11.6 Å². The molecule has 3 aromatic rings. The number of aromatic amines is 1. The molecule has 0 aliphatic carbocycles. The second-order valence-electron chi connectivity index (χ2n) is 5.02. The molecule has 0 saturated carbocycles. The fourth-order valence-electron chi connectivity index (χ4n) is 2.26. The molecule has 1 aromatic heterocycles. The molecule has 0 fully saturated rings. The van der Waals surface area contributed by atoms with Crippen molar-refractivity contribution in [2.75, 3.05) is 0 Å². The smallest absolute Gasteiger partial charge is 0.259 e. The predicted molar refractivity (Wildman–Crippen MR) is 91.9 cm³/mol. The second kappa shape index (κ2) is 6.16. The zero-order valence-electron chi connectivity index (χ0n) is 12.1. The van der Waals surface area contributed by atoms with Crippen LogP contribution in [0, 0.1) is 0 Å². The molecule has 1 heterocycles. The van der Waals surface area contributed by atoms with Crippen LogP contribution >= 0.6 is 11.6 Å². The highest BCUT2D eigenvalue weighted by molar-refractivity contribution is 6.50. The first-order chi connectivity index (χ1) is 10.7. The van der Waals surface area contributed by atoms with Crippen LogP contribution in [0.15, 0.2) is 53.3 Å². The highest BCUT2D eigenvalue weighted by Gasteiger charge is 2.06. The van der Waals surface area contributed by atoms with Gasteiger partial charge in [0.05, 0.1) is 15.9 Å². The van der Waals surface area contributed by atoms with Crippen molar-refractivity contribution in [1.29, 1.82) is 0 Å². The van der Waals surface area contributed by atoms with E-state index in [1.54, 1.807) is 18.2 Å². The summed E-state index contributed by atoms with van der Waals surface area (Å²) in [5, 5.41) is 0.968. The van der Waals surface area contributed by atoms with E-state index in [0.29, 0.717) is 21.8 Å². The quantitative estimate of drug-likeness (QED) is 0.787. The lowest BCUT2D eigenvalue weighted by molar-refractivity contribution is 1.13. The lowest BCUT2D eigenvalue weighted by atomic mass is 10.1. The number of nitrogens with zero attached hydrogens (tertiary/aromatic N) is 1. The van der Waals surface area contributed by atoms with Gasteiger partial charge >= 0.3 is 0 Å². The van der Waals surface area contributed by atoms with Gasteiger partial charge in [-0.2, -0.15) is 0 Å². The molecular formula is C18H15ClN2O. The average Bonchev–Trinajstić information content (AvgIpc) is 2.55. The van der Waals surface area contributed by atoms with E-state index < -0.39 is 0 Å². The van der Waals surface area contributed by atoms with Crippen molar-refractivity contribution >= 4 is 33.6 Å². The lowest BCUT2D eigenvalue weighted by Gasteiger charge is -2.03. The number of aryl methyl sites for hydroxylation is 1. The van der Waals surface area contributed by atoms with Gasteiger partial charge < -0.3 is 4.98 Å². The second-order valence-corrected chi connectivity index (χ2v) is 5.43. The Bertz CT molecular complexity index is 895. The summed E-state index contributed by atoms with van der Waals surface area (Å²) in [6, 6.07) is 15.3. The molecule has 0 spiro atoms. The predicted octanol–water partition coefficient (Wildman–Crippen LogP) is 4.22. The molecule has 0 aliphatic rings. The van der Waals surface area contributed by atoms with Crippen LogP contribution in [-0.2, 0) is 6.42 Å². The van der Waals surface area contributed by atoms with Gasteiger partial charge in [0, 0.05) is 0 Å². The van der Waals surface area contributed by atoms with E-state index in [-0.39, 0.29) is 5.56 Å². The summed E-state index contributed by atoms with van der Waals surface area (Å²) in [5.41, 5.74) is 2.69. The molecule has 0 unspecified atom stereocenters. The van der Waals surface area contributed by atoms with Crippen LogP contribution in [-0.4, -0.2) is 9.97 Å². The number of rotatable bonds is 3. The molecule has 3 nitrogen and oxygen atoms in total. The van der Waals surface area contributed by atoms with E-state index >= 15 is 0 Å². The van der Waals surface area contributed by atoms with Gasteiger partial charge in [-0.1, -0.05) is 54.9 Å². The third-order valence-corrected chi connectivity index (χ3v) is 3.81. The van der Waals surface area contributed by atoms with Crippen molar-refractivity contribution in [3.8, 4) is 0 Å². The van der Waals surface area contributed by atoms with Crippen LogP contribution in [0.25, 0.3) is 22.0 Å². The maximum Gasteiger partial charge on any atom is 0.259 e. The van der Waals surface area contributed by atoms with E-state index in [9.17, 15) is 4.79 Å². The number of H-pyrrole nitrogens is 1.